The molecular weight excluding hydrogens is 204 g/mol. The minimum atomic E-state index is 0.145. The lowest BCUT2D eigenvalue weighted by Crippen LogP contribution is -2.00. The first-order valence-electron chi connectivity index (χ1n) is 6.15. The molecular formula is C17H20. The topological polar surface area (TPSA) is 0 Å². The van der Waals surface area contributed by atoms with E-state index in [9.17, 15) is 0 Å². The molecule has 1 aromatic rings. The van der Waals surface area contributed by atoms with E-state index in [0.717, 1.165) is 0 Å². The molecule has 0 N–H and O–H groups in total. The lowest BCUT2D eigenvalue weighted by Gasteiger charge is -2.12. The van der Waals surface area contributed by atoms with Crippen LogP contribution in [0, 0.1) is 12.3 Å². The van der Waals surface area contributed by atoms with Crippen LogP contribution in [0.5, 0.6) is 0 Å². The van der Waals surface area contributed by atoms with Crippen LogP contribution in [0.4, 0.5) is 0 Å². The molecule has 0 unspecified atom stereocenters. The number of aryl methyl sites for hydroxylation is 1. The van der Waals surface area contributed by atoms with Crippen LogP contribution in [-0.2, 0) is 0 Å². The molecule has 0 atom stereocenters. The highest BCUT2D eigenvalue weighted by molar-refractivity contribution is 5.80. The number of rotatable bonds is 1. The lowest BCUT2D eigenvalue weighted by atomic mass is 9.92. The summed E-state index contributed by atoms with van der Waals surface area (Å²) < 4.78 is 0. The summed E-state index contributed by atoms with van der Waals surface area (Å²) in [6.07, 6.45) is 9.05. The van der Waals surface area contributed by atoms with Crippen molar-refractivity contribution in [2.75, 3.05) is 0 Å². The van der Waals surface area contributed by atoms with Gasteiger partial charge in [0.15, 0.2) is 0 Å². The number of hydrogen-bond acceptors (Lipinski definition) is 0. The van der Waals surface area contributed by atoms with Gasteiger partial charge in [0.25, 0.3) is 0 Å². The molecule has 0 aliphatic heterocycles. The zero-order valence-electron chi connectivity index (χ0n) is 11.1. The molecule has 0 spiro atoms. The Bertz CT molecular complexity index is 511. The first kappa shape index (κ1) is 11.9. The van der Waals surface area contributed by atoms with Gasteiger partial charge in [0.1, 0.15) is 0 Å². The molecule has 1 aromatic carbocycles. The minimum absolute atomic E-state index is 0.145. The minimum Gasteiger partial charge on any atom is -0.0748 e. The van der Waals surface area contributed by atoms with E-state index in [1.54, 1.807) is 0 Å². The third kappa shape index (κ3) is 2.58. The van der Waals surface area contributed by atoms with Crippen molar-refractivity contribution in [1.82, 2.24) is 0 Å². The van der Waals surface area contributed by atoms with E-state index in [4.69, 9.17) is 0 Å². The lowest BCUT2D eigenvalue weighted by molar-refractivity contribution is 0.627. The zero-order chi connectivity index (χ0) is 12.5. The van der Waals surface area contributed by atoms with Gasteiger partial charge in [-0.25, -0.2) is 0 Å². The van der Waals surface area contributed by atoms with E-state index in [1.807, 2.05) is 0 Å². The highest BCUT2D eigenvalue weighted by Crippen LogP contribution is 2.31. The van der Waals surface area contributed by atoms with Crippen LogP contribution in [0.1, 0.15) is 31.9 Å². The van der Waals surface area contributed by atoms with Gasteiger partial charge in [-0.05, 0) is 36.1 Å². The summed E-state index contributed by atoms with van der Waals surface area (Å²) in [5, 5.41) is 0. The van der Waals surface area contributed by atoms with Crippen molar-refractivity contribution < 1.29 is 0 Å². The van der Waals surface area contributed by atoms with Crippen molar-refractivity contribution >= 4 is 5.57 Å². The third-order valence-electron chi connectivity index (χ3n) is 3.30. The summed E-state index contributed by atoms with van der Waals surface area (Å²) in [5.41, 5.74) is 5.49. The molecule has 0 aromatic heterocycles. The van der Waals surface area contributed by atoms with Gasteiger partial charge < -0.3 is 0 Å². The summed E-state index contributed by atoms with van der Waals surface area (Å²) >= 11 is 0. The summed E-state index contributed by atoms with van der Waals surface area (Å²) in [5.74, 6) is 0. The Kier molecular flexibility index (Phi) is 3.06. The Morgan fingerprint density at radius 3 is 2.24 bits per heavy atom. The van der Waals surface area contributed by atoms with Gasteiger partial charge in [-0.2, -0.15) is 0 Å². The SMILES string of the molecule is CC1=C(c2ccccc2C)C=CC(C)(C)C=C1. The smallest absolute Gasteiger partial charge is 0.00110 e. The van der Waals surface area contributed by atoms with Crippen molar-refractivity contribution in [3.63, 3.8) is 0 Å². The second-order valence-electron chi connectivity index (χ2n) is 5.40. The molecule has 0 nitrogen and oxygen atoms in total. The molecule has 88 valence electrons. The van der Waals surface area contributed by atoms with E-state index in [1.165, 1.54) is 22.3 Å². The highest BCUT2D eigenvalue weighted by Gasteiger charge is 2.13. The molecule has 0 heterocycles. The normalized spacial score (nSPS) is 18.4. The van der Waals surface area contributed by atoms with Gasteiger partial charge >= 0.3 is 0 Å². The van der Waals surface area contributed by atoms with Gasteiger partial charge in [-0.3, -0.25) is 0 Å². The van der Waals surface area contributed by atoms with Crippen LogP contribution in [0.15, 0.2) is 54.1 Å². The van der Waals surface area contributed by atoms with Crippen LogP contribution in [-0.4, -0.2) is 0 Å². The van der Waals surface area contributed by atoms with E-state index >= 15 is 0 Å². The third-order valence-corrected chi connectivity index (χ3v) is 3.30. The van der Waals surface area contributed by atoms with Crippen LogP contribution in [0.2, 0.25) is 0 Å². The van der Waals surface area contributed by atoms with Crippen molar-refractivity contribution in [2.24, 2.45) is 5.41 Å². The monoisotopic (exact) mass is 224 g/mol. The second-order valence-corrected chi connectivity index (χ2v) is 5.40. The molecule has 0 radical (unpaired) electrons. The van der Waals surface area contributed by atoms with Gasteiger partial charge in [0.05, 0.1) is 0 Å². The zero-order valence-corrected chi connectivity index (χ0v) is 11.1. The standard InChI is InChI=1S/C17H20/c1-13-7-5-6-8-15(13)16-10-12-17(3,4)11-9-14(16)2/h5-12H,1-4H3. The fraction of sp³-hybridized carbons (Fsp3) is 0.294. The largest absolute Gasteiger partial charge is 0.0748 e. The number of hydrogen-bond donors (Lipinski definition) is 0. The molecule has 0 amide bonds. The maximum Gasteiger partial charge on any atom is 0.00110 e. The quantitative estimate of drug-likeness (QED) is 0.635. The maximum atomic E-state index is 2.28. The first-order chi connectivity index (χ1) is 7.99. The molecule has 0 bridgehead atoms. The van der Waals surface area contributed by atoms with Gasteiger partial charge in [-0.15, -0.1) is 0 Å². The molecule has 0 saturated heterocycles. The van der Waals surface area contributed by atoms with E-state index in [2.05, 4.69) is 76.3 Å². The fourth-order valence-corrected chi connectivity index (χ4v) is 2.09. The van der Waals surface area contributed by atoms with Crippen LogP contribution in [0.3, 0.4) is 0 Å². The number of benzene rings is 1. The predicted molar refractivity (Wildman–Crippen MR) is 75.8 cm³/mol. The summed E-state index contributed by atoms with van der Waals surface area (Å²) in [4.78, 5) is 0. The maximum absolute atomic E-state index is 2.28. The van der Waals surface area contributed by atoms with Gasteiger partial charge in [-0.1, -0.05) is 62.4 Å². The Hall–Kier alpha value is -1.56. The Morgan fingerprint density at radius 1 is 0.882 bits per heavy atom. The molecule has 1 aliphatic carbocycles. The van der Waals surface area contributed by atoms with Crippen molar-refractivity contribution in [2.45, 2.75) is 27.7 Å². The fourth-order valence-electron chi connectivity index (χ4n) is 2.09. The van der Waals surface area contributed by atoms with E-state index < -0.39 is 0 Å². The Morgan fingerprint density at radius 2 is 1.53 bits per heavy atom. The summed E-state index contributed by atoms with van der Waals surface area (Å²) in [6.45, 7) is 8.81. The average molecular weight is 224 g/mol. The molecule has 2 rings (SSSR count). The Balaban J connectivity index is 2.53. The van der Waals surface area contributed by atoms with E-state index in [0.29, 0.717) is 0 Å². The Labute approximate surface area is 104 Å². The van der Waals surface area contributed by atoms with Crippen LogP contribution < -0.4 is 0 Å². The molecule has 1 aliphatic rings. The first-order valence-corrected chi connectivity index (χ1v) is 6.15. The van der Waals surface area contributed by atoms with Gasteiger partial charge in [0, 0.05) is 5.41 Å². The van der Waals surface area contributed by atoms with Crippen molar-refractivity contribution in [3.05, 3.63) is 65.3 Å². The number of allylic oxidation sites excluding steroid dienone is 6. The van der Waals surface area contributed by atoms with E-state index in [-0.39, 0.29) is 5.41 Å². The molecule has 0 heteroatoms. The second kappa shape index (κ2) is 4.37. The van der Waals surface area contributed by atoms with Crippen molar-refractivity contribution in [3.8, 4) is 0 Å². The predicted octanol–water partition coefficient (Wildman–Crippen LogP) is 4.92. The summed E-state index contributed by atoms with van der Waals surface area (Å²) in [6, 6.07) is 8.57. The average Bonchev–Trinajstić information content (AvgIpc) is 2.41. The molecule has 0 fully saturated rings. The highest BCUT2D eigenvalue weighted by atomic mass is 14.2. The van der Waals surface area contributed by atoms with Crippen LogP contribution >= 0.6 is 0 Å². The van der Waals surface area contributed by atoms with Crippen LogP contribution in [0.25, 0.3) is 5.57 Å². The molecule has 17 heavy (non-hydrogen) atoms. The summed E-state index contributed by atoms with van der Waals surface area (Å²) in [7, 11) is 0. The molecule has 0 saturated carbocycles. The van der Waals surface area contributed by atoms with Gasteiger partial charge in [0.2, 0.25) is 0 Å². The van der Waals surface area contributed by atoms with Crippen molar-refractivity contribution in [1.29, 1.82) is 0 Å².